The van der Waals surface area contributed by atoms with Crippen molar-refractivity contribution < 1.29 is 9.47 Å². The molecule has 0 bridgehead atoms. The second-order valence-electron chi connectivity index (χ2n) is 4.33. The standard InChI is InChI=1S/C13H20ClNO2/c1-10(2)5-6-16-7-8-17-11-3-4-13(15)12(14)9-11/h3-4,9-10H,5-8,15H2,1-2H3. The first-order valence-electron chi connectivity index (χ1n) is 5.85. The molecule has 4 heteroatoms. The molecule has 0 unspecified atom stereocenters. The van der Waals surface area contributed by atoms with Crippen LogP contribution < -0.4 is 10.5 Å². The Labute approximate surface area is 108 Å². The normalized spacial score (nSPS) is 10.8. The summed E-state index contributed by atoms with van der Waals surface area (Å²) >= 11 is 5.87. The first kappa shape index (κ1) is 14.1. The average Bonchev–Trinajstić information content (AvgIpc) is 2.27. The Kier molecular flexibility index (Phi) is 6.16. The third kappa shape index (κ3) is 5.80. The second-order valence-corrected chi connectivity index (χ2v) is 4.73. The van der Waals surface area contributed by atoms with Gasteiger partial charge in [-0.15, -0.1) is 0 Å². The number of hydrogen-bond donors (Lipinski definition) is 1. The number of ether oxygens (including phenoxy) is 2. The molecule has 0 aliphatic rings. The van der Waals surface area contributed by atoms with Crippen molar-refractivity contribution in [3.8, 4) is 5.75 Å². The van der Waals surface area contributed by atoms with Crippen molar-refractivity contribution in [2.45, 2.75) is 20.3 Å². The molecule has 2 N–H and O–H groups in total. The molecule has 0 aliphatic heterocycles. The van der Waals surface area contributed by atoms with Gasteiger partial charge in [-0.3, -0.25) is 0 Å². The fourth-order valence-electron chi connectivity index (χ4n) is 1.24. The molecule has 1 aromatic rings. The molecule has 1 aromatic carbocycles. The molecule has 17 heavy (non-hydrogen) atoms. The summed E-state index contributed by atoms with van der Waals surface area (Å²) in [5.41, 5.74) is 6.16. The number of nitrogens with two attached hydrogens (primary N) is 1. The van der Waals surface area contributed by atoms with E-state index in [1.807, 2.05) is 0 Å². The highest BCUT2D eigenvalue weighted by Gasteiger charge is 1.99. The van der Waals surface area contributed by atoms with Gasteiger partial charge in [-0.05, 0) is 24.5 Å². The van der Waals surface area contributed by atoms with Gasteiger partial charge >= 0.3 is 0 Å². The maximum Gasteiger partial charge on any atom is 0.121 e. The zero-order valence-electron chi connectivity index (χ0n) is 10.4. The summed E-state index contributed by atoms with van der Waals surface area (Å²) in [5, 5.41) is 0.517. The van der Waals surface area contributed by atoms with Gasteiger partial charge in [0, 0.05) is 12.7 Å². The van der Waals surface area contributed by atoms with E-state index < -0.39 is 0 Å². The van der Waals surface area contributed by atoms with Crippen LogP contribution in [0.2, 0.25) is 5.02 Å². The third-order valence-electron chi connectivity index (χ3n) is 2.31. The van der Waals surface area contributed by atoms with Crippen molar-refractivity contribution in [1.82, 2.24) is 0 Å². The molecular formula is C13H20ClNO2. The molecule has 96 valence electrons. The van der Waals surface area contributed by atoms with Gasteiger partial charge in [0.25, 0.3) is 0 Å². The minimum Gasteiger partial charge on any atom is -0.491 e. The topological polar surface area (TPSA) is 44.5 Å². The quantitative estimate of drug-likeness (QED) is 0.602. The van der Waals surface area contributed by atoms with Crippen molar-refractivity contribution >= 4 is 17.3 Å². The van der Waals surface area contributed by atoms with E-state index in [4.69, 9.17) is 26.8 Å². The van der Waals surface area contributed by atoms with Crippen LogP contribution in [0.1, 0.15) is 20.3 Å². The minimum absolute atomic E-state index is 0.517. The van der Waals surface area contributed by atoms with Gasteiger partial charge < -0.3 is 15.2 Å². The fraction of sp³-hybridized carbons (Fsp3) is 0.538. The summed E-state index contributed by atoms with van der Waals surface area (Å²) in [5.74, 6) is 1.39. The predicted octanol–water partition coefficient (Wildman–Crippen LogP) is 3.36. The number of rotatable bonds is 7. The summed E-state index contributed by atoms with van der Waals surface area (Å²) in [6.07, 6.45) is 1.08. The Hall–Kier alpha value is -0.930. The molecule has 0 heterocycles. The Bertz CT molecular complexity index is 342. The maximum atomic E-state index is 5.87. The van der Waals surface area contributed by atoms with Crippen molar-refractivity contribution in [1.29, 1.82) is 0 Å². The molecule has 0 spiro atoms. The van der Waals surface area contributed by atoms with Crippen LogP contribution in [0.5, 0.6) is 5.75 Å². The van der Waals surface area contributed by atoms with Crippen LogP contribution >= 0.6 is 11.6 Å². The Morgan fingerprint density at radius 3 is 2.65 bits per heavy atom. The van der Waals surface area contributed by atoms with Crippen molar-refractivity contribution in [3.05, 3.63) is 23.2 Å². The zero-order chi connectivity index (χ0) is 12.7. The van der Waals surface area contributed by atoms with Gasteiger partial charge in [0.2, 0.25) is 0 Å². The second kappa shape index (κ2) is 7.41. The lowest BCUT2D eigenvalue weighted by molar-refractivity contribution is 0.0926. The van der Waals surface area contributed by atoms with E-state index in [0.29, 0.717) is 29.8 Å². The number of nitrogen functional groups attached to an aromatic ring is 1. The van der Waals surface area contributed by atoms with Crippen LogP contribution in [0.3, 0.4) is 0 Å². The first-order valence-corrected chi connectivity index (χ1v) is 6.23. The van der Waals surface area contributed by atoms with Crippen LogP contribution in [0.4, 0.5) is 5.69 Å². The largest absolute Gasteiger partial charge is 0.491 e. The molecule has 0 aromatic heterocycles. The maximum absolute atomic E-state index is 5.87. The average molecular weight is 258 g/mol. The molecule has 0 saturated carbocycles. The summed E-state index contributed by atoms with van der Waals surface area (Å²) in [6, 6.07) is 5.25. The number of halogens is 1. The van der Waals surface area contributed by atoms with Crippen molar-refractivity contribution in [2.75, 3.05) is 25.6 Å². The van der Waals surface area contributed by atoms with E-state index >= 15 is 0 Å². The lowest BCUT2D eigenvalue weighted by Crippen LogP contribution is -2.08. The highest BCUT2D eigenvalue weighted by Crippen LogP contribution is 2.23. The predicted molar refractivity (Wildman–Crippen MR) is 71.6 cm³/mol. The zero-order valence-corrected chi connectivity index (χ0v) is 11.2. The molecule has 0 saturated heterocycles. The Morgan fingerprint density at radius 1 is 1.24 bits per heavy atom. The van der Waals surface area contributed by atoms with Crippen LogP contribution in [0.15, 0.2) is 18.2 Å². The molecular weight excluding hydrogens is 238 g/mol. The fourth-order valence-corrected chi connectivity index (χ4v) is 1.41. The van der Waals surface area contributed by atoms with Gasteiger partial charge in [-0.1, -0.05) is 25.4 Å². The van der Waals surface area contributed by atoms with Gasteiger partial charge in [0.05, 0.1) is 17.3 Å². The molecule has 1 rings (SSSR count). The lowest BCUT2D eigenvalue weighted by atomic mass is 10.1. The highest BCUT2D eigenvalue weighted by atomic mass is 35.5. The highest BCUT2D eigenvalue weighted by molar-refractivity contribution is 6.33. The van der Waals surface area contributed by atoms with Crippen molar-refractivity contribution in [2.24, 2.45) is 5.92 Å². The Balaban J connectivity index is 2.16. The number of hydrogen-bond acceptors (Lipinski definition) is 3. The third-order valence-corrected chi connectivity index (χ3v) is 2.64. The summed E-state index contributed by atoms with van der Waals surface area (Å²) in [7, 11) is 0. The molecule has 0 aliphatic carbocycles. The van der Waals surface area contributed by atoms with Gasteiger partial charge in [-0.2, -0.15) is 0 Å². The van der Waals surface area contributed by atoms with Crippen molar-refractivity contribution in [3.63, 3.8) is 0 Å². The molecule has 0 amide bonds. The lowest BCUT2D eigenvalue weighted by Gasteiger charge is -2.09. The molecule has 3 nitrogen and oxygen atoms in total. The molecule has 0 radical (unpaired) electrons. The van der Waals surface area contributed by atoms with Crippen LogP contribution in [0, 0.1) is 5.92 Å². The summed E-state index contributed by atoms with van der Waals surface area (Å²) in [6.45, 7) is 6.25. The van der Waals surface area contributed by atoms with E-state index in [2.05, 4.69) is 13.8 Å². The van der Waals surface area contributed by atoms with E-state index in [1.54, 1.807) is 18.2 Å². The number of benzene rings is 1. The van der Waals surface area contributed by atoms with E-state index in [-0.39, 0.29) is 0 Å². The van der Waals surface area contributed by atoms with E-state index in [0.717, 1.165) is 18.8 Å². The Morgan fingerprint density at radius 2 is 2.00 bits per heavy atom. The molecule has 0 atom stereocenters. The van der Waals surface area contributed by atoms with E-state index in [1.165, 1.54) is 0 Å². The van der Waals surface area contributed by atoms with E-state index in [9.17, 15) is 0 Å². The van der Waals surface area contributed by atoms with Crippen LogP contribution in [-0.4, -0.2) is 19.8 Å². The number of anilines is 1. The van der Waals surface area contributed by atoms with Crippen LogP contribution in [-0.2, 0) is 4.74 Å². The SMILES string of the molecule is CC(C)CCOCCOc1ccc(N)c(Cl)c1. The monoisotopic (exact) mass is 257 g/mol. The van der Waals surface area contributed by atoms with Gasteiger partial charge in [-0.25, -0.2) is 0 Å². The van der Waals surface area contributed by atoms with Gasteiger partial charge in [0.1, 0.15) is 12.4 Å². The summed E-state index contributed by atoms with van der Waals surface area (Å²) < 4.78 is 10.9. The smallest absolute Gasteiger partial charge is 0.121 e. The van der Waals surface area contributed by atoms with Crippen LogP contribution in [0.25, 0.3) is 0 Å². The first-order chi connectivity index (χ1) is 8.09. The molecule has 0 fully saturated rings. The van der Waals surface area contributed by atoms with Gasteiger partial charge in [0.15, 0.2) is 0 Å². The summed E-state index contributed by atoms with van der Waals surface area (Å²) in [4.78, 5) is 0. The minimum atomic E-state index is 0.517.